The normalized spacial score (nSPS) is 15.6. The highest BCUT2D eigenvalue weighted by molar-refractivity contribution is 7.12. The number of hydrogen-bond acceptors (Lipinski definition) is 6. The van der Waals surface area contributed by atoms with Gasteiger partial charge in [0, 0.05) is 18.9 Å². The molecule has 1 aliphatic rings. The molecule has 1 atom stereocenters. The molecule has 1 N–H and O–H groups in total. The van der Waals surface area contributed by atoms with Crippen LogP contribution in [-0.4, -0.2) is 26.7 Å². The molecular formula is C27H20N2O4S. The number of aliphatic hydroxyl groups excluding tert-OH is 1. The van der Waals surface area contributed by atoms with E-state index in [-0.39, 0.29) is 17.9 Å². The van der Waals surface area contributed by atoms with Crippen LogP contribution < -0.4 is 4.74 Å². The number of aromatic nitrogens is 1. The van der Waals surface area contributed by atoms with Gasteiger partial charge in [0.05, 0.1) is 16.5 Å². The molecule has 2 aromatic carbocycles. The third kappa shape index (κ3) is 4.21. The van der Waals surface area contributed by atoms with E-state index in [2.05, 4.69) is 4.98 Å². The Labute approximate surface area is 200 Å². The molecule has 0 aliphatic carbocycles. The molecule has 168 valence electrons. The number of rotatable bonds is 7. The van der Waals surface area contributed by atoms with E-state index in [1.807, 2.05) is 54.6 Å². The summed E-state index contributed by atoms with van der Waals surface area (Å²) in [6, 6.07) is 22.9. The molecule has 6 nitrogen and oxygen atoms in total. The topological polar surface area (TPSA) is 79.7 Å². The van der Waals surface area contributed by atoms with E-state index in [0.717, 1.165) is 5.56 Å². The van der Waals surface area contributed by atoms with Crippen molar-refractivity contribution in [2.45, 2.75) is 12.6 Å². The molecule has 0 bridgehead atoms. The van der Waals surface area contributed by atoms with Crippen LogP contribution in [0.2, 0.25) is 0 Å². The highest BCUT2D eigenvalue weighted by Gasteiger charge is 2.44. The number of ketones is 1. The summed E-state index contributed by atoms with van der Waals surface area (Å²) in [4.78, 5) is 32.6. The van der Waals surface area contributed by atoms with Crippen molar-refractivity contribution in [3.8, 4) is 11.5 Å². The number of aliphatic hydroxyl groups is 1. The number of carbonyl (C=O) groups is 2. The van der Waals surface area contributed by atoms with Gasteiger partial charge in [-0.1, -0.05) is 42.5 Å². The van der Waals surface area contributed by atoms with Crippen LogP contribution in [0.3, 0.4) is 0 Å². The Morgan fingerprint density at radius 3 is 2.56 bits per heavy atom. The molecule has 2 aromatic heterocycles. The Kier molecular flexibility index (Phi) is 5.93. The fourth-order valence-electron chi connectivity index (χ4n) is 4.00. The molecule has 4 aromatic rings. The van der Waals surface area contributed by atoms with Gasteiger partial charge in [0.25, 0.3) is 5.91 Å². The maximum absolute atomic E-state index is 13.4. The maximum atomic E-state index is 13.4. The van der Waals surface area contributed by atoms with Crippen LogP contribution in [0, 0.1) is 0 Å². The van der Waals surface area contributed by atoms with Crippen molar-refractivity contribution in [1.29, 1.82) is 0 Å². The Hall–Kier alpha value is -4.23. The maximum Gasteiger partial charge on any atom is 0.290 e. The van der Waals surface area contributed by atoms with Crippen LogP contribution in [0.1, 0.15) is 26.8 Å². The van der Waals surface area contributed by atoms with Gasteiger partial charge in [-0.15, -0.1) is 11.3 Å². The molecule has 0 fully saturated rings. The first kappa shape index (κ1) is 21.6. The lowest BCUT2D eigenvalue weighted by atomic mass is 9.95. The fraction of sp³-hybridized carbons (Fsp3) is 0.0741. The molecule has 3 heterocycles. The quantitative estimate of drug-likeness (QED) is 0.351. The molecule has 0 saturated carbocycles. The lowest BCUT2D eigenvalue weighted by Crippen LogP contribution is -2.30. The molecule has 1 aliphatic heterocycles. The second-order valence-corrected chi connectivity index (χ2v) is 8.70. The van der Waals surface area contributed by atoms with Crippen LogP contribution in [0.25, 0.3) is 0 Å². The first-order valence-electron chi connectivity index (χ1n) is 10.7. The predicted molar refractivity (Wildman–Crippen MR) is 129 cm³/mol. The van der Waals surface area contributed by atoms with Crippen molar-refractivity contribution in [3.05, 3.63) is 124 Å². The van der Waals surface area contributed by atoms with Crippen molar-refractivity contribution < 1.29 is 19.4 Å². The Bertz CT molecular complexity index is 1350. The third-order valence-corrected chi connectivity index (χ3v) is 6.39. The summed E-state index contributed by atoms with van der Waals surface area (Å²) in [6.45, 7) is 0.187. The second-order valence-electron chi connectivity index (χ2n) is 7.75. The van der Waals surface area contributed by atoms with Crippen molar-refractivity contribution in [2.24, 2.45) is 0 Å². The minimum atomic E-state index is -0.776. The lowest BCUT2D eigenvalue weighted by Gasteiger charge is -2.27. The number of hydrogen-bond donors (Lipinski definition) is 1. The van der Waals surface area contributed by atoms with E-state index < -0.39 is 17.7 Å². The summed E-state index contributed by atoms with van der Waals surface area (Å²) in [7, 11) is 0. The first-order chi connectivity index (χ1) is 16.6. The standard InChI is InChI=1S/C27H20N2O4S/c30-25(22-12-6-14-34-22)23-24(29(27(32)26(23)31)17-18-7-5-13-28-16-18)19-8-4-11-21(15-19)33-20-9-2-1-3-10-20/h1-16,24,31H,17H2/t24-/m0/s1. The van der Waals surface area contributed by atoms with E-state index in [1.54, 1.807) is 42.0 Å². The molecule has 0 unspecified atom stereocenters. The molecule has 7 heteroatoms. The van der Waals surface area contributed by atoms with Gasteiger partial charge in [-0.3, -0.25) is 14.6 Å². The number of carbonyl (C=O) groups excluding carboxylic acids is 2. The Balaban J connectivity index is 1.56. The van der Waals surface area contributed by atoms with E-state index in [0.29, 0.717) is 21.9 Å². The minimum Gasteiger partial charge on any atom is -0.503 e. The van der Waals surface area contributed by atoms with Crippen LogP contribution in [-0.2, 0) is 11.3 Å². The summed E-state index contributed by atoms with van der Waals surface area (Å²) >= 11 is 1.27. The fourth-order valence-corrected chi connectivity index (χ4v) is 4.67. The van der Waals surface area contributed by atoms with Gasteiger partial charge in [0.1, 0.15) is 11.5 Å². The summed E-state index contributed by atoms with van der Waals surface area (Å²) < 4.78 is 5.98. The van der Waals surface area contributed by atoms with E-state index in [4.69, 9.17) is 4.74 Å². The van der Waals surface area contributed by atoms with Crippen LogP contribution in [0.5, 0.6) is 11.5 Å². The zero-order chi connectivity index (χ0) is 23.5. The van der Waals surface area contributed by atoms with Crippen LogP contribution in [0.15, 0.2) is 108 Å². The second kappa shape index (κ2) is 9.33. The number of benzene rings is 2. The van der Waals surface area contributed by atoms with Gasteiger partial charge in [-0.05, 0) is 52.9 Å². The van der Waals surface area contributed by atoms with Gasteiger partial charge in [0.2, 0.25) is 5.78 Å². The number of nitrogens with zero attached hydrogens (tertiary/aromatic N) is 2. The van der Waals surface area contributed by atoms with Gasteiger partial charge in [-0.2, -0.15) is 0 Å². The molecule has 34 heavy (non-hydrogen) atoms. The van der Waals surface area contributed by atoms with Crippen molar-refractivity contribution in [3.63, 3.8) is 0 Å². The van der Waals surface area contributed by atoms with Crippen molar-refractivity contribution in [1.82, 2.24) is 9.88 Å². The molecule has 0 radical (unpaired) electrons. The molecule has 0 spiro atoms. The zero-order valence-corrected chi connectivity index (χ0v) is 18.8. The molecule has 0 saturated heterocycles. The first-order valence-corrected chi connectivity index (χ1v) is 11.5. The number of Topliss-reactive ketones (excluding diaryl/α,β-unsaturated/α-hetero) is 1. The molecular weight excluding hydrogens is 448 g/mol. The van der Waals surface area contributed by atoms with Gasteiger partial charge < -0.3 is 14.7 Å². The van der Waals surface area contributed by atoms with Gasteiger partial charge >= 0.3 is 0 Å². The average molecular weight is 469 g/mol. The highest BCUT2D eigenvalue weighted by Crippen LogP contribution is 2.41. The Morgan fingerprint density at radius 1 is 1.00 bits per heavy atom. The number of ether oxygens (including phenoxy) is 1. The zero-order valence-electron chi connectivity index (χ0n) is 18.0. The van der Waals surface area contributed by atoms with Crippen molar-refractivity contribution in [2.75, 3.05) is 0 Å². The van der Waals surface area contributed by atoms with E-state index in [9.17, 15) is 14.7 Å². The number of para-hydroxylation sites is 1. The monoisotopic (exact) mass is 468 g/mol. The number of thiophene rings is 1. The summed E-state index contributed by atoms with van der Waals surface area (Å²) in [5, 5.41) is 12.6. The average Bonchev–Trinajstić information content (AvgIpc) is 3.49. The lowest BCUT2D eigenvalue weighted by molar-refractivity contribution is -0.130. The van der Waals surface area contributed by atoms with E-state index >= 15 is 0 Å². The van der Waals surface area contributed by atoms with E-state index in [1.165, 1.54) is 16.2 Å². The van der Waals surface area contributed by atoms with Gasteiger partial charge in [-0.25, -0.2) is 0 Å². The third-order valence-electron chi connectivity index (χ3n) is 5.52. The summed E-state index contributed by atoms with van der Waals surface area (Å²) in [5.41, 5.74) is 1.51. The highest BCUT2D eigenvalue weighted by atomic mass is 32.1. The number of pyridine rings is 1. The summed E-state index contributed by atoms with van der Waals surface area (Å²) in [5.74, 6) is -0.256. The predicted octanol–water partition coefficient (Wildman–Crippen LogP) is 5.71. The molecule has 5 rings (SSSR count). The van der Waals surface area contributed by atoms with Crippen LogP contribution in [0.4, 0.5) is 0 Å². The van der Waals surface area contributed by atoms with Crippen molar-refractivity contribution >= 4 is 23.0 Å². The van der Waals surface area contributed by atoms with Crippen LogP contribution >= 0.6 is 11.3 Å². The van der Waals surface area contributed by atoms with Gasteiger partial charge in [0.15, 0.2) is 5.76 Å². The minimum absolute atomic E-state index is 0.0631. The Morgan fingerprint density at radius 2 is 1.82 bits per heavy atom. The summed E-state index contributed by atoms with van der Waals surface area (Å²) in [6.07, 6.45) is 3.31. The smallest absolute Gasteiger partial charge is 0.290 e. The SMILES string of the molecule is O=C(C1=C(O)C(=O)N(Cc2cccnc2)[C@H]1c1cccc(Oc2ccccc2)c1)c1cccs1. The number of amides is 1. The largest absolute Gasteiger partial charge is 0.503 e. The molecule has 1 amide bonds.